The zero-order valence-corrected chi connectivity index (χ0v) is 17.1. The van der Waals surface area contributed by atoms with Gasteiger partial charge in [-0.2, -0.15) is 5.26 Å². The minimum absolute atomic E-state index is 0.265. The topological polar surface area (TPSA) is 107 Å². The fourth-order valence-corrected chi connectivity index (χ4v) is 3.50. The quantitative estimate of drug-likeness (QED) is 0.736. The first-order valence-corrected chi connectivity index (χ1v) is 9.85. The Balaban J connectivity index is 1.48. The highest BCUT2D eigenvalue weighted by molar-refractivity contribution is 6.39. The largest absolute Gasteiger partial charge is 0.495 e. The summed E-state index contributed by atoms with van der Waals surface area (Å²) in [7, 11) is 1.51. The molecular formula is C22H25N5O3. The summed E-state index contributed by atoms with van der Waals surface area (Å²) in [4.78, 5) is 30.9. The number of amides is 2. The fourth-order valence-electron chi connectivity index (χ4n) is 3.50. The number of ether oxygens (including phenoxy) is 1. The molecule has 2 heterocycles. The maximum Gasteiger partial charge on any atom is 0.313 e. The lowest BCUT2D eigenvalue weighted by atomic mass is 9.96. The summed E-state index contributed by atoms with van der Waals surface area (Å²) in [5.74, 6) is 0.0797. The van der Waals surface area contributed by atoms with E-state index in [1.165, 1.54) is 7.11 Å². The summed E-state index contributed by atoms with van der Waals surface area (Å²) in [6.45, 7) is 3.82. The highest BCUT2D eigenvalue weighted by Crippen LogP contribution is 2.25. The van der Waals surface area contributed by atoms with E-state index in [0.29, 0.717) is 29.4 Å². The van der Waals surface area contributed by atoms with Crippen LogP contribution in [0.1, 0.15) is 24.0 Å². The first kappa shape index (κ1) is 21.1. The monoisotopic (exact) mass is 407 g/mol. The first-order valence-electron chi connectivity index (χ1n) is 9.85. The number of benzene rings is 1. The summed E-state index contributed by atoms with van der Waals surface area (Å²) in [5.41, 5.74) is 1.98. The van der Waals surface area contributed by atoms with Gasteiger partial charge in [-0.05, 0) is 55.5 Å². The van der Waals surface area contributed by atoms with Crippen LogP contribution in [0.25, 0.3) is 0 Å². The Bertz CT molecular complexity index is 961. The van der Waals surface area contributed by atoms with Crippen LogP contribution < -0.4 is 20.3 Å². The molecule has 1 fully saturated rings. The van der Waals surface area contributed by atoms with Crippen LogP contribution in [0.2, 0.25) is 0 Å². The van der Waals surface area contributed by atoms with E-state index in [-0.39, 0.29) is 5.92 Å². The van der Waals surface area contributed by atoms with E-state index >= 15 is 0 Å². The van der Waals surface area contributed by atoms with Crippen molar-refractivity contribution in [3.05, 3.63) is 47.7 Å². The molecular weight excluding hydrogens is 382 g/mol. The number of nitrogens with zero attached hydrogens (tertiary/aromatic N) is 3. The van der Waals surface area contributed by atoms with Crippen LogP contribution in [0.4, 0.5) is 11.5 Å². The number of nitrogens with one attached hydrogen (secondary N) is 2. The molecule has 2 amide bonds. The van der Waals surface area contributed by atoms with Crippen LogP contribution in [0.5, 0.6) is 5.75 Å². The number of nitriles is 1. The van der Waals surface area contributed by atoms with Crippen LogP contribution in [-0.4, -0.2) is 43.5 Å². The Morgan fingerprint density at radius 3 is 2.73 bits per heavy atom. The lowest BCUT2D eigenvalue weighted by molar-refractivity contribution is -0.136. The molecule has 1 saturated heterocycles. The number of hydrogen-bond donors (Lipinski definition) is 2. The lowest BCUT2D eigenvalue weighted by Gasteiger charge is -2.33. The summed E-state index contributed by atoms with van der Waals surface area (Å²) in [6, 6.07) is 11.1. The van der Waals surface area contributed by atoms with Crippen LogP contribution in [0.15, 0.2) is 36.5 Å². The van der Waals surface area contributed by atoms with Gasteiger partial charge in [0.1, 0.15) is 17.6 Å². The highest BCUT2D eigenvalue weighted by Gasteiger charge is 2.23. The maximum atomic E-state index is 12.2. The Kier molecular flexibility index (Phi) is 6.86. The van der Waals surface area contributed by atoms with E-state index in [2.05, 4.69) is 26.6 Å². The third-order valence-electron chi connectivity index (χ3n) is 5.18. The minimum Gasteiger partial charge on any atom is -0.495 e. The molecule has 1 aromatic heterocycles. The molecule has 1 aromatic carbocycles. The normalized spacial score (nSPS) is 14.0. The van der Waals surface area contributed by atoms with Gasteiger partial charge in [-0.1, -0.05) is 6.07 Å². The van der Waals surface area contributed by atoms with E-state index in [9.17, 15) is 14.9 Å². The molecule has 0 atom stereocenters. The third kappa shape index (κ3) is 5.06. The van der Waals surface area contributed by atoms with Crippen LogP contribution in [0.3, 0.4) is 0 Å². The van der Waals surface area contributed by atoms with Crippen molar-refractivity contribution < 1.29 is 14.3 Å². The Morgan fingerprint density at radius 1 is 1.27 bits per heavy atom. The van der Waals surface area contributed by atoms with Crippen LogP contribution in [-0.2, 0) is 9.59 Å². The van der Waals surface area contributed by atoms with Gasteiger partial charge in [-0.3, -0.25) is 9.59 Å². The number of aromatic nitrogens is 1. The van der Waals surface area contributed by atoms with E-state index in [0.717, 1.165) is 31.5 Å². The molecule has 3 rings (SSSR count). The summed E-state index contributed by atoms with van der Waals surface area (Å²) in [6.07, 6.45) is 3.37. The standard InChI is InChI=1S/C22H25N5O3/c1-15-5-6-19(30-2)18(12-15)26-22(29)21(28)25-14-16-7-10-27(11-8-16)20-17(13-23)4-3-9-24-20/h3-6,9,12,16H,7-8,10-11,14H2,1-2H3,(H,25,28)(H,26,29). The number of pyridine rings is 1. The Labute approximate surface area is 175 Å². The van der Waals surface area contributed by atoms with E-state index in [1.54, 1.807) is 30.5 Å². The molecule has 8 heteroatoms. The number of anilines is 2. The lowest BCUT2D eigenvalue weighted by Crippen LogP contribution is -2.42. The minimum atomic E-state index is -0.719. The maximum absolute atomic E-state index is 12.2. The van der Waals surface area contributed by atoms with Crippen molar-refractivity contribution in [1.82, 2.24) is 10.3 Å². The van der Waals surface area contributed by atoms with Gasteiger partial charge < -0.3 is 20.3 Å². The van der Waals surface area contributed by atoms with Crippen molar-refractivity contribution >= 4 is 23.3 Å². The number of carbonyl (C=O) groups is 2. The van der Waals surface area contributed by atoms with E-state index in [4.69, 9.17) is 4.74 Å². The zero-order valence-electron chi connectivity index (χ0n) is 17.1. The van der Waals surface area contributed by atoms with Gasteiger partial charge in [0.15, 0.2) is 0 Å². The number of methoxy groups -OCH3 is 1. The van der Waals surface area contributed by atoms with Gasteiger partial charge in [-0.25, -0.2) is 4.98 Å². The number of carbonyl (C=O) groups excluding carboxylic acids is 2. The second-order valence-electron chi connectivity index (χ2n) is 7.28. The summed E-state index contributed by atoms with van der Waals surface area (Å²) < 4.78 is 5.22. The third-order valence-corrected chi connectivity index (χ3v) is 5.18. The molecule has 2 aromatic rings. The SMILES string of the molecule is COc1ccc(C)cc1NC(=O)C(=O)NCC1CCN(c2ncccc2C#N)CC1. The summed E-state index contributed by atoms with van der Waals surface area (Å²) >= 11 is 0. The molecule has 156 valence electrons. The van der Waals surface area contributed by atoms with Crippen molar-refractivity contribution in [3.63, 3.8) is 0 Å². The smallest absolute Gasteiger partial charge is 0.313 e. The molecule has 0 spiro atoms. The number of piperidine rings is 1. The molecule has 0 radical (unpaired) electrons. The first-order chi connectivity index (χ1) is 14.5. The van der Waals surface area contributed by atoms with Crippen molar-refractivity contribution in [1.29, 1.82) is 5.26 Å². The fraction of sp³-hybridized carbons (Fsp3) is 0.364. The molecule has 2 N–H and O–H groups in total. The highest BCUT2D eigenvalue weighted by atomic mass is 16.5. The second-order valence-corrected chi connectivity index (χ2v) is 7.28. The zero-order chi connectivity index (χ0) is 21.5. The van der Waals surface area contributed by atoms with Gasteiger partial charge in [-0.15, -0.1) is 0 Å². The van der Waals surface area contributed by atoms with Crippen LogP contribution >= 0.6 is 0 Å². The average Bonchev–Trinajstić information content (AvgIpc) is 2.78. The van der Waals surface area contributed by atoms with Gasteiger partial charge in [0.25, 0.3) is 0 Å². The van der Waals surface area contributed by atoms with Gasteiger partial charge >= 0.3 is 11.8 Å². The van der Waals surface area contributed by atoms with Gasteiger partial charge in [0, 0.05) is 25.8 Å². The molecule has 0 saturated carbocycles. The van der Waals surface area contributed by atoms with Crippen molar-refractivity contribution in [3.8, 4) is 11.8 Å². The molecule has 30 heavy (non-hydrogen) atoms. The molecule has 1 aliphatic heterocycles. The molecule has 0 unspecified atom stereocenters. The van der Waals surface area contributed by atoms with Crippen molar-refractivity contribution in [2.24, 2.45) is 5.92 Å². The number of aryl methyl sites for hydroxylation is 1. The average molecular weight is 407 g/mol. The summed E-state index contributed by atoms with van der Waals surface area (Å²) in [5, 5.41) is 14.6. The predicted octanol–water partition coefficient (Wildman–Crippen LogP) is 2.24. The Hall–Kier alpha value is -3.60. The predicted molar refractivity (Wildman–Crippen MR) is 113 cm³/mol. The molecule has 0 bridgehead atoms. The van der Waals surface area contributed by atoms with Crippen molar-refractivity contribution in [2.75, 3.05) is 37.0 Å². The number of rotatable bonds is 5. The molecule has 1 aliphatic rings. The molecule has 8 nitrogen and oxygen atoms in total. The van der Waals surface area contributed by atoms with Crippen LogP contribution in [0, 0.1) is 24.2 Å². The second kappa shape index (κ2) is 9.74. The van der Waals surface area contributed by atoms with Crippen molar-refractivity contribution in [2.45, 2.75) is 19.8 Å². The Morgan fingerprint density at radius 2 is 2.03 bits per heavy atom. The van der Waals surface area contributed by atoms with Gasteiger partial charge in [0.05, 0.1) is 18.4 Å². The van der Waals surface area contributed by atoms with E-state index in [1.807, 2.05) is 13.0 Å². The van der Waals surface area contributed by atoms with E-state index < -0.39 is 11.8 Å². The number of hydrogen-bond acceptors (Lipinski definition) is 6. The van der Waals surface area contributed by atoms with Gasteiger partial charge in [0.2, 0.25) is 0 Å². The molecule has 0 aliphatic carbocycles.